The molecular weight excluding hydrogens is 369 g/mol. The zero-order chi connectivity index (χ0) is 13.7. The highest BCUT2D eigenvalue weighted by atomic mass is 127. The molecule has 6 heteroatoms. The Morgan fingerprint density at radius 3 is 2.90 bits per heavy atom. The Balaban J connectivity index is 0.00000200. The first kappa shape index (κ1) is 17.0. The van der Waals surface area contributed by atoms with Crippen LogP contribution >= 0.6 is 24.0 Å². The summed E-state index contributed by atoms with van der Waals surface area (Å²) in [6, 6.07) is 6.05. The molecule has 20 heavy (non-hydrogen) atoms. The predicted octanol–water partition coefficient (Wildman–Crippen LogP) is 1.80. The largest absolute Gasteiger partial charge is 0.493 e. The minimum Gasteiger partial charge on any atom is -0.493 e. The van der Waals surface area contributed by atoms with Crippen molar-refractivity contribution >= 4 is 29.9 Å². The minimum atomic E-state index is 0. The Bertz CT molecular complexity index is 456. The zero-order valence-corrected chi connectivity index (χ0v) is 14.0. The van der Waals surface area contributed by atoms with Gasteiger partial charge in [0.25, 0.3) is 0 Å². The van der Waals surface area contributed by atoms with Crippen LogP contribution in [-0.2, 0) is 11.3 Å². The lowest BCUT2D eigenvalue weighted by atomic mass is 10.1. The fraction of sp³-hybridized carbons (Fsp3) is 0.500. The van der Waals surface area contributed by atoms with E-state index < -0.39 is 0 Å². The summed E-state index contributed by atoms with van der Waals surface area (Å²) in [7, 11) is 0. The van der Waals surface area contributed by atoms with Crippen molar-refractivity contribution < 1.29 is 9.47 Å². The molecule has 112 valence electrons. The van der Waals surface area contributed by atoms with Gasteiger partial charge in [0.1, 0.15) is 5.75 Å². The highest BCUT2D eigenvalue weighted by Gasteiger charge is 2.16. The third kappa shape index (κ3) is 5.16. The molecule has 1 atom stereocenters. The Morgan fingerprint density at radius 1 is 1.45 bits per heavy atom. The van der Waals surface area contributed by atoms with E-state index >= 15 is 0 Å². The van der Waals surface area contributed by atoms with Crippen LogP contribution in [0.4, 0.5) is 0 Å². The third-order valence-corrected chi connectivity index (χ3v) is 3.15. The molecule has 0 radical (unpaired) electrons. The standard InChI is InChI=1S/C14H21N3O2.HI/c1-10-2-3-12(7-17-14(15)16)13(6-10)19-9-11-4-5-18-8-11;/h2-3,6,11H,4-5,7-9H2,1H3,(H4,15,16,17);1H. The number of benzene rings is 1. The Kier molecular flexibility index (Phi) is 7.08. The van der Waals surface area contributed by atoms with Crippen LogP contribution < -0.4 is 16.2 Å². The quantitative estimate of drug-likeness (QED) is 0.456. The summed E-state index contributed by atoms with van der Waals surface area (Å²) in [4.78, 5) is 4.03. The highest BCUT2D eigenvalue weighted by Crippen LogP contribution is 2.23. The number of aliphatic imine (C=N–C) groups is 1. The average molecular weight is 391 g/mol. The highest BCUT2D eigenvalue weighted by molar-refractivity contribution is 14.0. The monoisotopic (exact) mass is 391 g/mol. The molecule has 1 saturated heterocycles. The summed E-state index contributed by atoms with van der Waals surface area (Å²) in [5.41, 5.74) is 12.9. The molecule has 2 rings (SSSR count). The Labute approximate surface area is 136 Å². The van der Waals surface area contributed by atoms with Crippen molar-refractivity contribution in [3.05, 3.63) is 29.3 Å². The molecule has 0 bridgehead atoms. The zero-order valence-electron chi connectivity index (χ0n) is 11.7. The molecule has 0 saturated carbocycles. The van der Waals surface area contributed by atoms with Crippen LogP contribution in [0.15, 0.2) is 23.2 Å². The van der Waals surface area contributed by atoms with Crippen LogP contribution in [-0.4, -0.2) is 25.8 Å². The van der Waals surface area contributed by atoms with Crippen LogP contribution in [0.25, 0.3) is 0 Å². The van der Waals surface area contributed by atoms with Crippen molar-refractivity contribution in [2.45, 2.75) is 19.9 Å². The molecule has 0 amide bonds. The first-order chi connectivity index (χ1) is 9.15. The smallest absolute Gasteiger partial charge is 0.186 e. The number of aryl methyl sites for hydroxylation is 1. The van der Waals surface area contributed by atoms with Crippen LogP contribution in [0, 0.1) is 12.8 Å². The number of nitrogens with two attached hydrogens (primary N) is 2. The number of ether oxygens (including phenoxy) is 2. The maximum absolute atomic E-state index is 5.90. The summed E-state index contributed by atoms with van der Waals surface area (Å²) in [5, 5.41) is 0. The molecule has 1 aliphatic heterocycles. The normalized spacial score (nSPS) is 17.4. The molecule has 5 nitrogen and oxygen atoms in total. The molecule has 1 unspecified atom stereocenters. The van der Waals surface area contributed by atoms with E-state index in [-0.39, 0.29) is 29.9 Å². The van der Waals surface area contributed by atoms with Gasteiger partial charge in [0.2, 0.25) is 0 Å². The van der Waals surface area contributed by atoms with Crippen molar-refractivity contribution in [1.82, 2.24) is 0 Å². The molecule has 0 aliphatic carbocycles. The molecular formula is C14H22IN3O2. The Hall–Kier alpha value is -1.02. The van der Waals surface area contributed by atoms with E-state index in [9.17, 15) is 0 Å². The molecule has 1 heterocycles. The van der Waals surface area contributed by atoms with Gasteiger partial charge in [0, 0.05) is 18.1 Å². The van der Waals surface area contributed by atoms with Gasteiger partial charge in [-0.25, -0.2) is 4.99 Å². The van der Waals surface area contributed by atoms with Crippen molar-refractivity contribution in [3.63, 3.8) is 0 Å². The fourth-order valence-corrected chi connectivity index (χ4v) is 2.03. The second kappa shape index (κ2) is 8.31. The van der Waals surface area contributed by atoms with Crippen molar-refractivity contribution in [3.8, 4) is 5.75 Å². The first-order valence-corrected chi connectivity index (χ1v) is 6.50. The summed E-state index contributed by atoms with van der Waals surface area (Å²) in [6.07, 6.45) is 1.06. The first-order valence-electron chi connectivity index (χ1n) is 6.50. The number of rotatable bonds is 5. The van der Waals surface area contributed by atoms with Crippen molar-refractivity contribution in [1.29, 1.82) is 0 Å². The van der Waals surface area contributed by atoms with E-state index in [0.29, 0.717) is 19.1 Å². The maximum Gasteiger partial charge on any atom is 0.186 e. The second-order valence-corrected chi connectivity index (χ2v) is 4.89. The molecule has 1 fully saturated rings. The topological polar surface area (TPSA) is 82.9 Å². The van der Waals surface area contributed by atoms with E-state index in [1.807, 2.05) is 25.1 Å². The number of hydrogen-bond acceptors (Lipinski definition) is 3. The number of nitrogens with zero attached hydrogens (tertiary/aromatic N) is 1. The van der Waals surface area contributed by atoms with Crippen molar-refractivity contribution in [2.75, 3.05) is 19.8 Å². The Morgan fingerprint density at radius 2 is 2.25 bits per heavy atom. The molecule has 0 spiro atoms. The fourth-order valence-electron chi connectivity index (χ4n) is 2.03. The van der Waals surface area contributed by atoms with Crippen LogP contribution in [0.3, 0.4) is 0 Å². The molecule has 1 aromatic rings. The summed E-state index contributed by atoms with van der Waals surface area (Å²) >= 11 is 0. The van der Waals surface area contributed by atoms with E-state index in [1.165, 1.54) is 0 Å². The van der Waals surface area contributed by atoms with Crippen LogP contribution in [0.1, 0.15) is 17.5 Å². The van der Waals surface area contributed by atoms with E-state index in [1.54, 1.807) is 0 Å². The van der Waals surface area contributed by atoms with Gasteiger partial charge in [0.05, 0.1) is 19.8 Å². The average Bonchev–Trinajstić information content (AvgIpc) is 2.88. The number of hydrogen-bond donors (Lipinski definition) is 2. The maximum atomic E-state index is 5.90. The number of guanidine groups is 1. The minimum absolute atomic E-state index is 0. The van der Waals surface area contributed by atoms with E-state index in [4.69, 9.17) is 20.9 Å². The van der Waals surface area contributed by atoms with Crippen LogP contribution in [0.5, 0.6) is 5.75 Å². The van der Waals surface area contributed by atoms with Gasteiger partial charge in [-0.05, 0) is 25.0 Å². The molecule has 1 aliphatic rings. The second-order valence-electron chi connectivity index (χ2n) is 4.89. The van der Waals surface area contributed by atoms with Gasteiger partial charge >= 0.3 is 0 Å². The summed E-state index contributed by atoms with van der Waals surface area (Å²) in [5.74, 6) is 1.43. The summed E-state index contributed by atoms with van der Waals surface area (Å²) < 4.78 is 11.2. The van der Waals surface area contributed by atoms with Gasteiger partial charge in [0.15, 0.2) is 5.96 Å². The summed E-state index contributed by atoms with van der Waals surface area (Å²) in [6.45, 7) is 4.78. The van der Waals surface area contributed by atoms with Gasteiger partial charge in [-0.1, -0.05) is 12.1 Å². The lowest BCUT2D eigenvalue weighted by Gasteiger charge is -2.14. The lowest BCUT2D eigenvalue weighted by Crippen LogP contribution is -2.22. The molecule has 1 aromatic carbocycles. The van der Waals surface area contributed by atoms with Crippen molar-refractivity contribution in [2.24, 2.45) is 22.4 Å². The lowest BCUT2D eigenvalue weighted by molar-refractivity contribution is 0.166. The SMILES string of the molecule is Cc1ccc(CN=C(N)N)c(OCC2CCOC2)c1.I. The van der Waals surface area contributed by atoms with E-state index in [2.05, 4.69) is 4.99 Å². The third-order valence-electron chi connectivity index (χ3n) is 3.15. The molecule has 4 N–H and O–H groups in total. The van der Waals surface area contributed by atoms with Gasteiger partial charge < -0.3 is 20.9 Å². The van der Waals surface area contributed by atoms with Gasteiger partial charge in [-0.2, -0.15) is 0 Å². The predicted molar refractivity (Wildman–Crippen MR) is 90.5 cm³/mol. The van der Waals surface area contributed by atoms with Gasteiger partial charge in [-0.15, -0.1) is 24.0 Å². The number of halogens is 1. The van der Waals surface area contributed by atoms with Crippen LogP contribution in [0.2, 0.25) is 0 Å². The van der Waals surface area contributed by atoms with E-state index in [0.717, 1.165) is 36.5 Å². The molecule has 0 aromatic heterocycles. The van der Waals surface area contributed by atoms with Gasteiger partial charge in [-0.3, -0.25) is 0 Å².